The van der Waals surface area contributed by atoms with E-state index in [4.69, 9.17) is 4.74 Å². The third kappa shape index (κ3) is 2.69. The molecule has 0 bridgehead atoms. The third-order valence-corrected chi connectivity index (χ3v) is 4.18. The summed E-state index contributed by atoms with van der Waals surface area (Å²) in [6, 6.07) is 0.392. The Bertz CT molecular complexity index is 309. The number of ether oxygens (including phenoxy) is 1. The second-order valence-corrected chi connectivity index (χ2v) is 6.49. The maximum Gasteiger partial charge on any atom is 0.252 e. The molecule has 2 rings (SSSR count). The number of amides is 1. The molecular weight excluding hydrogens is 228 g/mol. The molecule has 0 aliphatic carbocycles. The molecule has 104 valence electrons. The number of rotatable bonds is 2. The van der Waals surface area contributed by atoms with Crippen LogP contribution in [0.2, 0.25) is 0 Å². The fourth-order valence-electron chi connectivity index (χ4n) is 2.77. The van der Waals surface area contributed by atoms with Gasteiger partial charge in [-0.25, -0.2) is 0 Å². The van der Waals surface area contributed by atoms with Crippen LogP contribution in [-0.4, -0.2) is 48.2 Å². The Balaban J connectivity index is 2.08. The molecule has 4 heteroatoms. The Morgan fingerprint density at radius 2 is 2.17 bits per heavy atom. The van der Waals surface area contributed by atoms with Crippen molar-refractivity contribution in [2.75, 3.05) is 19.7 Å². The van der Waals surface area contributed by atoms with Crippen LogP contribution in [0.3, 0.4) is 0 Å². The van der Waals surface area contributed by atoms with Gasteiger partial charge in [0.05, 0.1) is 0 Å². The quantitative estimate of drug-likeness (QED) is 0.810. The first kappa shape index (κ1) is 13.8. The van der Waals surface area contributed by atoms with Crippen molar-refractivity contribution in [1.29, 1.82) is 0 Å². The molecule has 2 atom stereocenters. The predicted molar refractivity (Wildman–Crippen MR) is 71.4 cm³/mol. The maximum absolute atomic E-state index is 12.6. The van der Waals surface area contributed by atoms with E-state index < -0.39 is 0 Å². The lowest BCUT2D eigenvalue weighted by Gasteiger charge is -2.47. The molecule has 1 amide bonds. The highest BCUT2D eigenvalue weighted by atomic mass is 16.5. The average molecular weight is 254 g/mol. The molecule has 2 aliphatic heterocycles. The summed E-state index contributed by atoms with van der Waals surface area (Å²) in [5, 5.41) is 3.55. The smallest absolute Gasteiger partial charge is 0.252 e. The third-order valence-electron chi connectivity index (χ3n) is 4.18. The zero-order valence-corrected chi connectivity index (χ0v) is 12.0. The Hall–Kier alpha value is -0.610. The second kappa shape index (κ2) is 5.17. The van der Waals surface area contributed by atoms with Crippen molar-refractivity contribution in [3.8, 4) is 0 Å². The van der Waals surface area contributed by atoms with E-state index in [1.807, 2.05) is 4.90 Å². The van der Waals surface area contributed by atoms with Crippen molar-refractivity contribution in [3.63, 3.8) is 0 Å². The molecule has 18 heavy (non-hydrogen) atoms. The predicted octanol–water partition coefficient (Wildman–Crippen LogP) is 1.40. The molecule has 0 aromatic rings. The highest BCUT2D eigenvalue weighted by molar-refractivity contribution is 5.82. The van der Waals surface area contributed by atoms with Gasteiger partial charge in [0.25, 0.3) is 5.91 Å². The summed E-state index contributed by atoms with van der Waals surface area (Å²) >= 11 is 0. The Kier molecular flexibility index (Phi) is 3.97. The van der Waals surface area contributed by atoms with E-state index in [-0.39, 0.29) is 17.6 Å². The SMILES string of the molecule is CC(C)C1CN(C(=O)C2CCCO2)C(C)(C)CN1. The van der Waals surface area contributed by atoms with Crippen LogP contribution in [0, 0.1) is 5.92 Å². The molecule has 0 spiro atoms. The van der Waals surface area contributed by atoms with Gasteiger partial charge in [-0.15, -0.1) is 0 Å². The summed E-state index contributed by atoms with van der Waals surface area (Å²) in [7, 11) is 0. The van der Waals surface area contributed by atoms with Gasteiger partial charge in [-0.1, -0.05) is 13.8 Å². The summed E-state index contributed by atoms with van der Waals surface area (Å²) in [6.07, 6.45) is 1.69. The van der Waals surface area contributed by atoms with E-state index in [2.05, 4.69) is 33.0 Å². The van der Waals surface area contributed by atoms with Gasteiger partial charge < -0.3 is 15.0 Å². The number of carbonyl (C=O) groups excluding carboxylic acids is 1. The first-order valence-electron chi connectivity index (χ1n) is 7.08. The van der Waals surface area contributed by atoms with Gasteiger partial charge in [0.1, 0.15) is 6.10 Å². The van der Waals surface area contributed by atoms with Gasteiger partial charge in [0.15, 0.2) is 0 Å². The summed E-state index contributed by atoms with van der Waals surface area (Å²) < 4.78 is 5.55. The molecule has 2 saturated heterocycles. The number of nitrogens with one attached hydrogen (secondary N) is 1. The molecule has 0 aromatic heterocycles. The first-order valence-corrected chi connectivity index (χ1v) is 7.08. The first-order chi connectivity index (χ1) is 8.42. The fourth-order valence-corrected chi connectivity index (χ4v) is 2.77. The van der Waals surface area contributed by atoms with Gasteiger partial charge in [0.2, 0.25) is 0 Å². The van der Waals surface area contributed by atoms with Crippen molar-refractivity contribution in [2.45, 2.75) is 58.2 Å². The molecule has 0 radical (unpaired) electrons. The van der Waals surface area contributed by atoms with E-state index in [0.29, 0.717) is 12.0 Å². The molecule has 0 saturated carbocycles. The van der Waals surface area contributed by atoms with E-state index >= 15 is 0 Å². The molecule has 2 unspecified atom stereocenters. The van der Waals surface area contributed by atoms with Gasteiger partial charge in [0, 0.05) is 31.3 Å². The van der Waals surface area contributed by atoms with Gasteiger partial charge in [-0.3, -0.25) is 4.79 Å². The maximum atomic E-state index is 12.6. The zero-order chi connectivity index (χ0) is 13.3. The molecule has 2 heterocycles. The van der Waals surface area contributed by atoms with Crippen LogP contribution in [0.1, 0.15) is 40.5 Å². The van der Waals surface area contributed by atoms with Crippen molar-refractivity contribution in [2.24, 2.45) is 5.92 Å². The van der Waals surface area contributed by atoms with Crippen LogP contribution < -0.4 is 5.32 Å². The van der Waals surface area contributed by atoms with Gasteiger partial charge in [-0.2, -0.15) is 0 Å². The van der Waals surface area contributed by atoms with Crippen LogP contribution in [0.15, 0.2) is 0 Å². The summed E-state index contributed by atoms with van der Waals surface area (Å²) in [5.41, 5.74) is -0.117. The molecule has 2 aliphatic rings. The largest absolute Gasteiger partial charge is 0.368 e. The minimum Gasteiger partial charge on any atom is -0.368 e. The van der Waals surface area contributed by atoms with Crippen LogP contribution >= 0.6 is 0 Å². The Labute approximate surface area is 110 Å². The number of hydrogen-bond acceptors (Lipinski definition) is 3. The van der Waals surface area contributed by atoms with Crippen molar-refractivity contribution in [1.82, 2.24) is 10.2 Å². The lowest BCUT2D eigenvalue weighted by atomic mass is 9.92. The highest BCUT2D eigenvalue weighted by Crippen LogP contribution is 2.25. The fraction of sp³-hybridized carbons (Fsp3) is 0.929. The standard InChI is InChI=1S/C14H26N2O2/c1-10(2)11-8-16(14(3,4)9-15-11)13(17)12-6-5-7-18-12/h10-12,15H,5-9H2,1-4H3. The minimum atomic E-state index is -0.199. The normalized spacial score (nSPS) is 31.9. The zero-order valence-electron chi connectivity index (χ0n) is 12.0. The lowest BCUT2D eigenvalue weighted by molar-refractivity contribution is -0.149. The van der Waals surface area contributed by atoms with E-state index in [9.17, 15) is 4.79 Å². The van der Waals surface area contributed by atoms with Crippen LogP contribution in [0.25, 0.3) is 0 Å². The minimum absolute atomic E-state index is 0.117. The molecule has 2 fully saturated rings. The van der Waals surface area contributed by atoms with Crippen molar-refractivity contribution >= 4 is 5.91 Å². The lowest BCUT2D eigenvalue weighted by Crippen LogP contribution is -2.66. The molecule has 0 aromatic carbocycles. The molecule has 4 nitrogen and oxygen atoms in total. The molecular formula is C14H26N2O2. The van der Waals surface area contributed by atoms with Gasteiger partial charge >= 0.3 is 0 Å². The average Bonchev–Trinajstić information content (AvgIpc) is 2.80. The number of nitrogens with zero attached hydrogens (tertiary/aromatic N) is 1. The Morgan fingerprint density at radius 1 is 1.44 bits per heavy atom. The van der Waals surface area contributed by atoms with Gasteiger partial charge in [-0.05, 0) is 32.6 Å². The molecule has 1 N–H and O–H groups in total. The Morgan fingerprint density at radius 3 is 2.72 bits per heavy atom. The summed E-state index contributed by atoms with van der Waals surface area (Å²) in [4.78, 5) is 14.6. The van der Waals surface area contributed by atoms with E-state index in [1.165, 1.54) is 0 Å². The number of carbonyl (C=O) groups is 1. The van der Waals surface area contributed by atoms with Crippen molar-refractivity contribution in [3.05, 3.63) is 0 Å². The second-order valence-electron chi connectivity index (χ2n) is 6.49. The van der Waals surface area contributed by atoms with Crippen LogP contribution in [0.4, 0.5) is 0 Å². The van der Waals surface area contributed by atoms with E-state index in [0.717, 1.165) is 32.5 Å². The van der Waals surface area contributed by atoms with Crippen molar-refractivity contribution < 1.29 is 9.53 Å². The number of hydrogen-bond donors (Lipinski definition) is 1. The van der Waals surface area contributed by atoms with E-state index in [1.54, 1.807) is 0 Å². The summed E-state index contributed by atoms with van der Waals surface area (Å²) in [5.74, 6) is 0.727. The highest BCUT2D eigenvalue weighted by Gasteiger charge is 2.41. The van der Waals surface area contributed by atoms with Crippen LogP contribution in [-0.2, 0) is 9.53 Å². The topological polar surface area (TPSA) is 41.6 Å². The number of piperazine rings is 1. The summed E-state index contributed by atoms with van der Waals surface area (Å²) in [6.45, 7) is 11.0. The monoisotopic (exact) mass is 254 g/mol. The van der Waals surface area contributed by atoms with Crippen LogP contribution in [0.5, 0.6) is 0 Å².